The smallest absolute Gasteiger partial charge is 0.343 e. The highest BCUT2D eigenvalue weighted by Gasteiger charge is 2.10. The third-order valence-electron chi connectivity index (χ3n) is 3.04. The van der Waals surface area contributed by atoms with Gasteiger partial charge >= 0.3 is 5.97 Å². The molecule has 0 unspecified atom stereocenters. The molecule has 0 fully saturated rings. The Labute approximate surface area is 142 Å². The van der Waals surface area contributed by atoms with Gasteiger partial charge < -0.3 is 9.47 Å². The van der Waals surface area contributed by atoms with E-state index < -0.39 is 5.97 Å². The summed E-state index contributed by atoms with van der Waals surface area (Å²) in [4.78, 5) is 24.1. The zero-order valence-electron chi connectivity index (χ0n) is 12.7. The Balaban J connectivity index is 2.04. The van der Waals surface area contributed by atoms with Crippen molar-refractivity contribution in [2.24, 2.45) is 0 Å². The average molecular weight is 375 g/mol. The molecule has 0 bridgehead atoms. The van der Waals surface area contributed by atoms with E-state index in [-0.39, 0.29) is 11.5 Å². The van der Waals surface area contributed by atoms with Crippen molar-refractivity contribution in [1.29, 1.82) is 0 Å². The number of halogens is 1. The normalized spacial score (nSPS) is 11.0. The van der Waals surface area contributed by atoms with Crippen molar-refractivity contribution in [1.82, 2.24) is 0 Å². The van der Waals surface area contributed by atoms with Gasteiger partial charge in [-0.15, -0.1) is 0 Å². The molecule has 0 saturated carbocycles. The van der Waals surface area contributed by atoms with Gasteiger partial charge in [0.15, 0.2) is 5.78 Å². The molecular formula is C18H15BrO4. The van der Waals surface area contributed by atoms with Gasteiger partial charge in [-0.3, -0.25) is 4.79 Å². The number of hydrogen-bond acceptors (Lipinski definition) is 4. The van der Waals surface area contributed by atoms with Gasteiger partial charge in [0, 0.05) is 16.1 Å². The first-order valence-corrected chi connectivity index (χ1v) is 7.63. The molecule has 0 heterocycles. The number of allylic oxidation sites excluding steroid dienone is 2. The molecule has 118 valence electrons. The van der Waals surface area contributed by atoms with E-state index in [1.54, 1.807) is 62.6 Å². The van der Waals surface area contributed by atoms with Crippen molar-refractivity contribution in [2.45, 2.75) is 6.92 Å². The number of ether oxygens (including phenoxy) is 2. The maximum absolute atomic E-state index is 12.1. The molecule has 0 radical (unpaired) electrons. The van der Waals surface area contributed by atoms with Gasteiger partial charge in [0.2, 0.25) is 0 Å². The predicted octanol–water partition coefficient (Wildman–Crippen LogP) is 4.40. The Bertz CT molecular complexity index is 731. The molecule has 2 aromatic carbocycles. The molecular weight excluding hydrogens is 360 g/mol. The summed E-state index contributed by atoms with van der Waals surface area (Å²) >= 11 is 3.31. The van der Waals surface area contributed by atoms with Crippen LogP contribution in [0.25, 0.3) is 0 Å². The summed E-state index contributed by atoms with van der Waals surface area (Å²) in [6.45, 7) is 1.57. The Kier molecular flexibility index (Phi) is 5.71. The number of esters is 1. The predicted molar refractivity (Wildman–Crippen MR) is 90.6 cm³/mol. The van der Waals surface area contributed by atoms with Gasteiger partial charge in [0.05, 0.1) is 12.7 Å². The Morgan fingerprint density at radius 3 is 2.09 bits per heavy atom. The molecule has 2 rings (SSSR count). The molecule has 2 aromatic rings. The molecule has 0 aliphatic heterocycles. The molecule has 0 N–H and O–H groups in total. The van der Waals surface area contributed by atoms with E-state index >= 15 is 0 Å². The molecule has 4 nitrogen and oxygen atoms in total. The van der Waals surface area contributed by atoms with Gasteiger partial charge in [-0.25, -0.2) is 4.79 Å². The first-order chi connectivity index (χ1) is 11.0. The van der Waals surface area contributed by atoms with E-state index in [1.165, 1.54) is 6.08 Å². The zero-order chi connectivity index (χ0) is 16.8. The van der Waals surface area contributed by atoms with Crippen LogP contribution in [0.1, 0.15) is 27.6 Å². The molecule has 0 aliphatic carbocycles. The first kappa shape index (κ1) is 17.0. The number of rotatable bonds is 5. The third-order valence-corrected chi connectivity index (χ3v) is 3.57. The zero-order valence-corrected chi connectivity index (χ0v) is 14.3. The van der Waals surface area contributed by atoms with Crippen LogP contribution in [-0.2, 0) is 4.74 Å². The number of carbonyl (C=O) groups excluding carboxylic acids is 2. The van der Waals surface area contributed by atoms with Crippen LogP contribution in [0.5, 0.6) is 5.75 Å². The van der Waals surface area contributed by atoms with Crippen molar-refractivity contribution >= 4 is 27.7 Å². The lowest BCUT2D eigenvalue weighted by Crippen LogP contribution is -2.05. The number of carbonyl (C=O) groups is 2. The first-order valence-electron chi connectivity index (χ1n) is 6.84. The van der Waals surface area contributed by atoms with Crippen LogP contribution in [0.3, 0.4) is 0 Å². The molecule has 0 amide bonds. The summed E-state index contributed by atoms with van der Waals surface area (Å²) in [6.07, 6.45) is 1.30. The van der Waals surface area contributed by atoms with Crippen LogP contribution in [-0.4, -0.2) is 18.9 Å². The highest BCUT2D eigenvalue weighted by Crippen LogP contribution is 2.15. The lowest BCUT2D eigenvalue weighted by molar-refractivity contribution is 0.0625. The highest BCUT2D eigenvalue weighted by atomic mass is 79.9. The molecule has 0 atom stereocenters. The summed E-state index contributed by atoms with van der Waals surface area (Å²) in [7, 11) is 1.55. The average Bonchev–Trinajstić information content (AvgIpc) is 2.55. The summed E-state index contributed by atoms with van der Waals surface area (Å²) in [5.41, 5.74) is 0.905. The van der Waals surface area contributed by atoms with Crippen LogP contribution < -0.4 is 4.74 Å². The van der Waals surface area contributed by atoms with Gasteiger partial charge in [0.25, 0.3) is 0 Å². The van der Waals surface area contributed by atoms with Gasteiger partial charge in [-0.1, -0.05) is 15.9 Å². The third kappa shape index (κ3) is 4.79. The summed E-state index contributed by atoms with van der Waals surface area (Å²) in [5, 5.41) is 0. The van der Waals surface area contributed by atoms with Gasteiger partial charge in [0.1, 0.15) is 11.5 Å². The van der Waals surface area contributed by atoms with Crippen LogP contribution in [0.2, 0.25) is 0 Å². The van der Waals surface area contributed by atoms with Crippen molar-refractivity contribution in [3.8, 4) is 5.75 Å². The second kappa shape index (κ2) is 7.74. The molecule has 0 saturated heterocycles. The lowest BCUT2D eigenvalue weighted by Gasteiger charge is -2.05. The number of methoxy groups -OCH3 is 1. The largest absolute Gasteiger partial charge is 0.497 e. The van der Waals surface area contributed by atoms with Crippen LogP contribution >= 0.6 is 15.9 Å². The fourth-order valence-electron chi connectivity index (χ4n) is 1.84. The topological polar surface area (TPSA) is 52.6 Å². The van der Waals surface area contributed by atoms with Crippen LogP contribution in [0, 0.1) is 0 Å². The van der Waals surface area contributed by atoms with Gasteiger partial charge in [-0.05, 0) is 55.5 Å². The van der Waals surface area contributed by atoms with E-state index in [2.05, 4.69) is 15.9 Å². The molecule has 5 heteroatoms. The molecule has 23 heavy (non-hydrogen) atoms. The van der Waals surface area contributed by atoms with Gasteiger partial charge in [-0.2, -0.15) is 0 Å². The SMILES string of the molecule is COc1ccc(C(=O)OC(C)=CC(=O)c2ccc(Br)cc2)cc1. The number of hydrogen-bond donors (Lipinski definition) is 0. The fourth-order valence-corrected chi connectivity index (χ4v) is 2.11. The van der Waals surface area contributed by atoms with Crippen molar-refractivity contribution in [3.63, 3.8) is 0 Å². The Hall–Kier alpha value is -2.40. The summed E-state index contributed by atoms with van der Waals surface area (Å²) < 4.78 is 11.1. The van der Waals surface area contributed by atoms with E-state index in [4.69, 9.17) is 9.47 Å². The van der Waals surface area contributed by atoms with E-state index in [9.17, 15) is 9.59 Å². The Morgan fingerprint density at radius 1 is 0.957 bits per heavy atom. The fraction of sp³-hybridized carbons (Fsp3) is 0.111. The van der Waals surface area contributed by atoms with Crippen molar-refractivity contribution in [3.05, 3.63) is 76.0 Å². The minimum Gasteiger partial charge on any atom is -0.497 e. The molecule has 0 spiro atoms. The van der Waals surface area contributed by atoms with Crippen LogP contribution in [0.15, 0.2) is 64.8 Å². The maximum atomic E-state index is 12.1. The van der Waals surface area contributed by atoms with Crippen molar-refractivity contribution < 1.29 is 19.1 Å². The number of benzene rings is 2. The van der Waals surface area contributed by atoms with E-state index in [1.807, 2.05) is 0 Å². The van der Waals surface area contributed by atoms with E-state index in [0.29, 0.717) is 16.9 Å². The quantitative estimate of drug-likeness (QED) is 0.336. The highest BCUT2D eigenvalue weighted by molar-refractivity contribution is 9.10. The second-order valence-electron chi connectivity index (χ2n) is 4.74. The minimum atomic E-state index is -0.523. The molecule has 0 aliphatic rings. The summed E-state index contributed by atoms with van der Waals surface area (Å²) in [6, 6.07) is 13.5. The van der Waals surface area contributed by atoms with E-state index in [0.717, 1.165) is 4.47 Å². The summed E-state index contributed by atoms with van der Waals surface area (Å²) in [5.74, 6) is 0.139. The monoisotopic (exact) mass is 374 g/mol. The lowest BCUT2D eigenvalue weighted by atomic mass is 10.1. The van der Waals surface area contributed by atoms with Crippen LogP contribution in [0.4, 0.5) is 0 Å². The second-order valence-corrected chi connectivity index (χ2v) is 5.66. The maximum Gasteiger partial charge on any atom is 0.343 e. The standard InChI is InChI=1S/C18H15BrO4/c1-12(11-17(20)13-3-7-15(19)8-4-13)23-18(21)14-5-9-16(22-2)10-6-14/h3-11H,1-2H3. The number of ketones is 1. The Morgan fingerprint density at radius 2 is 1.52 bits per heavy atom. The molecule has 0 aromatic heterocycles. The minimum absolute atomic E-state index is 0.225. The van der Waals surface area contributed by atoms with Crippen molar-refractivity contribution in [2.75, 3.05) is 7.11 Å².